The van der Waals surface area contributed by atoms with Crippen LogP contribution in [0.1, 0.15) is 0 Å². The first-order valence-electron chi connectivity index (χ1n) is 5.39. The standard InChI is InChI=1S/C10H4F2N6O3/c11-4-1-5(7(12)6(2-4)18(19)20)10-15-9(17-21-10)8-13-3-14-16-8/h1-3H,(H,13,14,16). The number of rotatable bonds is 3. The number of aromatic amines is 1. The summed E-state index contributed by atoms with van der Waals surface area (Å²) < 4.78 is 32.1. The van der Waals surface area contributed by atoms with Crippen LogP contribution >= 0.6 is 0 Å². The van der Waals surface area contributed by atoms with Gasteiger partial charge in [-0.05, 0) is 6.07 Å². The fourth-order valence-corrected chi connectivity index (χ4v) is 1.61. The van der Waals surface area contributed by atoms with Crippen LogP contribution in [0, 0.1) is 21.7 Å². The molecule has 2 heterocycles. The van der Waals surface area contributed by atoms with Gasteiger partial charge in [-0.25, -0.2) is 9.37 Å². The van der Waals surface area contributed by atoms with Gasteiger partial charge in [-0.3, -0.25) is 15.2 Å². The third kappa shape index (κ3) is 2.20. The van der Waals surface area contributed by atoms with Crippen molar-refractivity contribution in [1.29, 1.82) is 0 Å². The zero-order valence-electron chi connectivity index (χ0n) is 9.95. The SMILES string of the molecule is O=[N+]([O-])c1cc(F)cc(-c2nc(-c3ncn[nH]3)no2)c1F. The molecule has 0 saturated heterocycles. The molecule has 1 N–H and O–H groups in total. The Hall–Kier alpha value is -3.24. The number of benzene rings is 1. The van der Waals surface area contributed by atoms with Crippen molar-refractivity contribution in [3.63, 3.8) is 0 Å². The van der Waals surface area contributed by atoms with E-state index >= 15 is 0 Å². The van der Waals surface area contributed by atoms with Crippen LogP contribution in [-0.4, -0.2) is 30.2 Å². The minimum atomic E-state index is -1.27. The molecule has 0 fully saturated rings. The van der Waals surface area contributed by atoms with E-state index in [0.717, 1.165) is 6.07 Å². The molecular formula is C10H4F2N6O3. The Bertz CT molecular complexity index is 816. The number of nitro benzene ring substituents is 1. The van der Waals surface area contributed by atoms with Gasteiger partial charge >= 0.3 is 5.69 Å². The van der Waals surface area contributed by atoms with Crippen LogP contribution in [0.3, 0.4) is 0 Å². The minimum Gasteiger partial charge on any atom is -0.333 e. The predicted octanol–water partition coefficient (Wildman–Crippen LogP) is 1.71. The number of aromatic nitrogens is 5. The van der Waals surface area contributed by atoms with E-state index in [-0.39, 0.29) is 11.6 Å². The van der Waals surface area contributed by atoms with Gasteiger partial charge < -0.3 is 4.52 Å². The molecular weight excluding hydrogens is 290 g/mol. The second kappa shape index (κ2) is 4.70. The van der Waals surface area contributed by atoms with E-state index in [2.05, 4.69) is 25.3 Å². The van der Waals surface area contributed by atoms with Gasteiger partial charge in [-0.15, -0.1) is 0 Å². The number of H-pyrrole nitrogens is 1. The van der Waals surface area contributed by atoms with Gasteiger partial charge in [0.25, 0.3) is 5.89 Å². The number of nitrogens with one attached hydrogen (secondary N) is 1. The van der Waals surface area contributed by atoms with Crippen molar-refractivity contribution in [3.8, 4) is 23.1 Å². The Balaban J connectivity index is 2.11. The highest BCUT2D eigenvalue weighted by Gasteiger charge is 2.25. The van der Waals surface area contributed by atoms with E-state index < -0.39 is 33.7 Å². The van der Waals surface area contributed by atoms with Crippen LogP contribution < -0.4 is 0 Å². The lowest BCUT2D eigenvalue weighted by atomic mass is 10.1. The van der Waals surface area contributed by atoms with Crippen molar-refractivity contribution in [2.24, 2.45) is 0 Å². The molecule has 3 aromatic rings. The van der Waals surface area contributed by atoms with Crippen molar-refractivity contribution >= 4 is 5.69 Å². The summed E-state index contributed by atoms with van der Waals surface area (Å²) in [6.45, 7) is 0. The Morgan fingerprint density at radius 2 is 2.14 bits per heavy atom. The molecule has 106 valence electrons. The van der Waals surface area contributed by atoms with Gasteiger partial charge in [0.2, 0.25) is 11.6 Å². The van der Waals surface area contributed by atoms with Crippen molar-refractivity contribution in [2.75, 3.05) is 0 Å². The lowest BCUT2D eigenvalue weighted by molar-refractivity contribution is -0.387. The molecule has 0 spiro atoms. The maximum atomic E-state index is 14.0. The molecule has 0 aliphatic carbocycles. The molecule has 9 nitrogen and oxygen atoms in total. The summed E-state index contributed by atoms with van der Waals surface area (Å²) in [5, 5.41) is 20.2. The first kappa shape index (κ1) is 12.8. The van der Waals surface area contributed by atoms with Crippen molar-refractivity contribution in [2.45, 2.75) is 0 Å². The summed E-state index contributed by atoms with van der Waals surface area (Å²) in [7, 11) is 0. The molecule has 0 radical (unpaired) electrons. The molecule has 0 atom stereocenters. The predicted molar refractivity (Wildman–Crippen MR) is 61.7 cm³/mol. The monoisotopic (exact) mass is 294 g/mol. The molecule has 0 aliphatic heterocycles. The highest BCUT2D eigenvalue weighted by Crippen LogP contribution is 2.30. The lowest BCUT2D eigenvalue weighted by Gasteiger charge is -1.99. The third-order valence-corrected chi connectivity index (χ3v) is 2.50. The number of nitrogens with zero attached hydrogens (tertiary/aromatic N) is 5. The minimum absolute atomic E-state index is 0.0474. The average Bonchev–Trinajstić information content (AvgIpc) is 3.09. The van der Waals surface area contributed by atoms with Crippen molar-refractivity contribution in [3.05, 3.63) is 40.2 Å². The van der Waals surface area contributed by atoms with E-state index in [0.29, 0.717) is 6.07 Å². The quantitative estimate of drug-likeness (QED) is 0.575. The Morgan fingerprint density at radius 1 is 1.33 bits per heavy atom. The van der Waals surface area contributed by atoms with Crippen LogP contribution in [0.4, 0.5) is 14.5 Å². The van der Waals surface area contributed by atoms with E-state index in [9.17, 15) is 18.9 Å². The molecule has 0 saturated carbocycles. The molecule has 11 heteroatoms. The lowest BCUT2D eigenvalue weighted by Crippen LogP contribution is -1.97. The van der Waals surface area contributed by atoms with Gasteiger partial charge in [0.05, 0.1) is 16.6 Å². The summed E-state index contributed by atoms with van der Waals surface area (Å²) in [4.78, 5) is 17.1. The number of halogens is 2. The van der Waals surface area contributed by atoms with Gasteiger partial charge in [0.1, 0.15) is 12.1 Å². The fourth-order valence-electron chi connectivity index (χ4n) is 1.61. The molecule has 0 unspecified atom stereocenters. The molecule has 0 bridgehead atoms. The Kier molecular flexibility index (Phi) is 2.86. The van der Waals surface area contributed by atoms with Crippen molar-refractivity contribution < 1.29 is 18.2 Å². The molecule has 2 aromatic heterocycles. The van der Waals surface area contributed by atoms with Gasteiger partial charge in [0, 0.05) is 0 Å². The van der Waals surface area contributed by atoms with E-state index in [4.69, 9.17) is 4.52 Å². The highest BCUT2D eigenvalue weighted by atomic mass is 19.1. The summed E-state index contributed by atoms with van der Waals surface area (Å²) in [5.74, 6) is -2.58. The summed E-state index contributed by atoms with van der Waals surface area (Å²) in [6, 6.07) is 1.19. The number of nitro groups is 1. The second-order valence-electron chi connectivity index (χ2n) is 3.80. The first-order chi connectivity index (χ1) is 10.1. The highest BCUT2D eigenvalue weighted by molar-refractivity contribution is 5.61. The Labute approximate surface area is 113 Å². The van der Waals surface area contributed by atoms with Gasteiger partial charge in [0.15, 0.2) is 5.82 Å². The smallest absolute Gasteiger partial charge is 0.308 e. The number of hydrogen-bond donors (Lipinski definition) is 1. The molecule has 0 amide bonds. The third-order valence-electron chi connectivity index (χ3n) is 2.50. The normalized spacial score (nSPS) is 10.8. The molecule has 0 aliphatic rings. The summed E-state index contributed by atoms with van der Waals surface area (Å²) in [6.07, 6.45) is 1.19. The van der Waals surface area contributed by atoms with E-state index in [1.165, 1.54) is 6.33 Å². The average molecular weight is 294 g/mol. The topological polar surface area (TPSA) is 124 Å². The summed E-state index contributed by atoms with van der Waals surface area (Å²) in [5.41, 5.74) is -1.54. The maximum absolute atomic E-state index is 14.0. The largest absolute Gasteiger partial charge is 0.333 e. The second-order valence-corrected chi connectivity index (χ2v) is 3.80. The van der Waals surface area contributed by atoms with Crippen molar-refractivity contribution in [1.82, 2.24) is 25.3 Å². The fraction of sp³-hybridized carbons (Fsp3) is 0. The zero-order valence-corrected chi connectivity index (χ0v) is 9.95. The molecule has 1 aromatic carbocycles. The van der Waals surface area contributed by atoms with Crippen LogP contribution in [0.5, 0.6) is 0 Å². The maximum Gasteiger partial charge on any atom is 0.308 e. The molecule has 3 rings (SSSR count). The van der Waals surface area contributed by atoms with E-state index in [1.54, 1.807) is 0 Å². The van der Waals surface area contributed by atoms with Gasteiger partial charge in [-0.1, -0.05) is 5.16 Å². The summed E-state index contributed by atoms with van der Waals surface area (Å²) >= 11 is 0. The Morgan fingerprint density at radius 3 is 2.81 bits per heavy atom. The van der Waals surface area contributed by atoms with Crippen LogP contribution in [0.15, 0.2) is 23.0 Å². The first-order valence-corrected chi connectivity index (χ1v) is 5.39. The zero-order chi connectivity index (χ0) is 15.0. The van der Waals surface area contributed by atoms with E-state index in [1.807, 2.05) is 0 Å². The van der Waals surface area contributed by atoms with Crippen LogP contribution in [-0.2, 0) is 0 Å². The molecule has 21 heavy (non-hydrogen) atoms. The van der Waals surface area contributed by atoms with Crippen LogP contribution in [0.2, 0.25) is 0 Å². The van der Waals surface area contributed by atoms with Gasteiger partial charge in [-0.2, -0.15) is 14.5 Å². The van der Waals surface area contributed by atoms with Crippen LogP contribution in [0.25, 0.3) is 23.1 Å². The number of hydrogen-bond acceptors (Lipinski definition) is 7.